The van der Waals surface area contributed by atoms with Crippen LogP contribution in [0.15, 0.2) is 59.0 Å². The number of rotatable bonds is 7. The molecule has 8 heteroatoms. The van der Waals surface area contributed by atoms with Crippen LogP contribution in [0.2, 0.25) is 5.02 Å². The summed E-state index contributed by atoms with van der Waals surface area (Å²) in [5, 5.41) is 0.655. The normalized spacial score (nSPS) is 15.2. The molecule has 0 spiro atoms. The van der Waals surface area contributed by atoms with Crippen molar-refractivity contribution in [3.05, 3.63) is 76.8 Å². The van der Waals surface area contributed by atoms with E-state index in [1.165, 1.54) is 6.07 Å². The summed E-state index contributed by atoms with van der Waals surface area (Å²) in [4.78, 5) is 26.5. The van der Waals surface area contributed by atoms with Gasteiger partial charge >= 0.3 is 0 Å². The lowest BCUT2D eigenvalue weighted by Gasteiger charge is -2.40. The summed E-state index contributed by atoms with van der Waals surface area (Å²) in [7, 11) is 0. The van der Waals surface area contributed by atoms with E-state index < -0.39 is 17.1 Å². The van der Waals surface area contributed by atoms with Gasteiger partial charge in [-0.05, 0) is 67.8 Å². The monoisotopic (exact) mass is 484 g/mol. The van der Waals surface area contributed by atoms with Gasteiger partial charge in [0.2, 0.25) is 5.91 Å². The number of piperidine rings is 1. The summed E-state index contributed by atoms with van der Waals surface area (Å²) in [5.41, 5.74) is 6.27. The van der Waals surface area contributed by atoms with Gasteiger partial charge < -0.3 is 19.8 Å². The summed E-state index contributed by atoms with van der Waals surface area (Å²) >= 11 is 6.09. The van der Waals surface area contributed by atoms with Gasteiger partial charge in [-0.15, -0.1) is 0 Å². The van der Waals surface area contributed by atoms with Gasteiger partial charge in [0.1, 0.15) is 17.3 Å². The van der Waals surface area contributed by atoms with E-state index in [-0.39, 0.29) is 18.1 Å². The van der Waals surface area contributed by atoms with Gasteiger partial charge in [-0.3, -0.25) is 9.59 Å². The van der Waals surface area contributed by atoms with Crippen LogP contribution in [0.4, 0.5) is 4.39 Å². The van der Waals surface area contributed by atoms with Gasteiger partial charge in [0.05, 0.1) is 12.2 Å². The minimum Gasteiger partial charge on any atom is -0.493 e. The maximum absolute atomic E-state index is 14.1. The molecule has 0 unspecified atom stereocenters. The molecule has 2 aromatic carbocycles. The molecule has 3 aromatic rings. The minimum absolute atomic E-state index is 0.147. The molecule has 1 saturated heterocycles. The molecule has 4 rings (SSSR count). The number of nitrogens with zero attached hydrogens (tertiary/aromatic N) is 1. The predicted molar refractivity (Wildman–Crippen MR) is 127 cm³/mol. The Morgan fingerprint density at radius 3 is 2.56 bits per heavy atom. The third kappa shape index (κ3) is 5.25. The number of primary amides is 1. The van der Waals surface area contributed by atoms with Crippen molar-refractivity contribution in [1.82, 2.24) is 4.90 Å². The zero-order chi connectivity index (χ0) is 24.3. The first-order valence-electron chi connectivity index (χ1n) is 11.1. The van der Waals surface area contributed by atoms with Crippen LogP contribution in [0.5, 0.6) is 5.75 Å². The van der Waals surface area contributed by atoms with E-state index in [2.05, 4.69) is 0 Å². The topological polar surface area (TPSA) is 85.8 Å². The van der Waals surface area contributed by atoms with Crippen molar-refractivity contribution in [2.24, 2.45) is 11.1 Å². The molecule has 1 aliphatic heterocycles. The van der Waals surface area contributed by atoms with Crippen molar-refractivity contribution in [3.63, 3.8) is 0 Å². The number of carbonyl (C=O) groups excluding carboxylic acids is 2. The molecule has 1 aromatic heterocycles. The highest BCUT2D eigenvalue weighted by molar-refractivity contribution is 6.31. The lowest BCUT2D eigenvalue weighted by atomic mass is 9.76. The fourth-order valence-electron chi connectivity index (χ4n) is 4.28. The van der Waals surface area contributed by atoms with Crippen molar-refractivity contribution in [3.8, 4) is 17.1 Å². The van der Waals surface area contributed by atoms with Gasteiger partial charge in [0.25, 0.3) is 5.91 Å². The number of hydrogen-bond donors (Lipinski definition) is 1. The molecule has 0 atom stereocenters. The van der Waals surface area contributed by atoms with Crippen LogP contribution < -0.4 is 10.5 Å². The number of nitrogens with two attached hydrogens (primary N) is 1. The van der Waals surface area contributed by atoms with Crippen molar-refractivity contribution in [2.45, 2.75) is 26.2 Å². The molecule has 34 heavy (non-hydrogen) atoms. The van der Waals surface area contributed by atoms with E-state index in [1.54, 1.807) is 47.4 Å². The number of furan rings is 1. The van der Waals surface area contributed by atoms with Crippen LogP contribution in [0.1, 0.15) is 35.4 Å². The maximum atomic E-state index is 14.1. The number of benzene rings is 2. The first-order valence-corrected chi connectivity index (χ1v) is 11.5. The predicted octanol–water partition coefficient (Wildman–Crippen LogP) is 5.22. The molecule has 0 bridgehead atoms. The molecule has 2 N–H and O–H groups in total. The number of ether oxygens (including phenoxy) is 1. The van der Waals surface area contributed by atoms with Gasteiger partial charge in [-0.25, -0.2) is 4.39 Å². The molecule has 0 aliphatic carbocycles. The molecular weight excluding hydrogens is 459 g/mol. The van der Waals surface area contributed by atoms with Gasteiger partial charge in [0, 0.05) is 29.9 Å². The Morgan fingerprint density at radius 1 is 1.15 bits per heavy atom. The van der Waals surface area contributed by atoms with E-state index in [0.29, 0.717) is 54.6 Å². The highest BCUT2D eigenvalue weighted by atomic mass is 35.5. The Labute approximate surface area is 202 Å². The zero-order valence-electron chi connectivity index (χ0n) is 18.9. The summed E-state index contributed by atoms with van der Waals surface area (Å²) in [6, 6.07) is 14.8. The summed E-state index contributed by atoms with van der Waals surface area (Å²) in [5.74, 6) is 0.0175. The van der Waals surface area contributed by atoms with Crippen LogP contribution in [-0.4, -0.2) is 36.4 Å². The molecule has 178 valence electrons. The number of halogens is 2. The molecule has 0 saturated carbocycles. The third-order valence-corrected chi connectivity index (χ3v) is 6.72. The van der Waals surface area contributed by atoms with Crippen LogP contribution in [0.3, 0.4) is 0 Å². The lowest BCUT2D eigenvalue weighted by Crippen LogP contribution is -2.47. The van der Waals surface area contributed by atoms with E-state index >= 15 is 0 Å². The van der Waals surface area contributed by atoms with Crippen molar-refractivity contribution in [2.75, 3.05) is 19.7 Å². The van der Waals surface area contributed by atoms with Crippen molar-refractivity contribution in [1.29, 1.82) is 0 Å². The average molecular weight is 485 g/mol. The van der Waals surface area contributed by atoms with Gasteiger partial charge in [-0.2, -0.15) is 0 Å². The molecule has 1 aliphatic rings. The summed E-state index contributed by atoms with van der Waals surface area (Å²) in [6.07, 6.45) is 1.27. The molecular formula is C26H26ClFN2O4. The smallest absolute Gasteiger partial charge is 0.289 e. The fraction of sp³-hybridized carbons (Fsp3) is 0.308. The SMILES string of the molecule is Cc1cc(OCC2(CC(N)=O)CCN(C(=O)c3ccc(-c4ccccc4F)o3)CC2)ccc1Cl. The van der Waals surface area contributed by atoms with Crippen LogP contribution in [0, 0.1) is 18.2 Å². The molecule has 2 amide bonds. The largest absolute Gasteiger partial charge is 0.493 e. The van der Waals surface area contributed by atoms with E-state index in [9.17, 15) is 14.0 Å². The van der Waals surface area contributed by atoms with Crippen LogP contribution in [0.25, 0.3) is 11.3 Å². The van der Waals surface area contributed by atoms with Crippen LogP contribution in [-0.2, 0) is 4.79 Å². The number of likely N-dealkylation sites (tertiary alicyclic amines) is 1. The maximum Gasteiger partial charge on any atom is 0.289 e. The number of carbonyl (C=O) groups is 2. The van der Waals surface area contributed by atoms with E-state index in [1.807, 2.05) is 13.0 Å². The second-order valence-electron chi connectivity index (χ2n) is 8.78. The Balaban J connectivity index is 1.42. The second kappa shape index (κ2) is 9.89. The van der Waals surface area contributed by atoms with Crippen molar-refractivity contribution >= 4 is 23.4 Å². The zero-order valence-corrected chi connectivity index (χ0v) is 19.6. The second-order valence-corrected chi connectivity index (χ2v) is 9.19. The number of aryl methyl sites for hydroxylation is 1. The quantitative estimate of drug-likeness (QED) is 0.498. The standard InChI is InChI=1S/C26H26ClFN2O4/c1-17-14-18(6-7-20(17)27)33-16-26(15-24(29)31)10-12-30(13-11-26)25(32)23-9-8-22(34-23)19-4-2-3-5-21(19)28/h2-9,14H,10-13,15-16H2,1H3,(H2,29,31). The molecule has 6 nitrogen and oxygen atoms in total. The Kier molecular flexibility index (Phi) is 6.93. The average Bonchev–Trinajstić information content (AvgIpc) is 3.30. The Hall–Kier alpha value is -3.32. The minimum atomic E-state index is -0.475. The highest BCUT2D eigenvalue weighted by Gasteiger charge is 2.39. The molecule has 0 radical (unpaired) electrons. The Bertz CT molecular complexity index is 1200. The van der Waals surface area contributed by atoms with Gasteiger partial charge in [-0.1, -0.05) is 23.7 Å². The fourth-order valence-corrected chi connectivity index (χ4v) is 4.40. The molecule has 2 heterocycles. The first kappa shape index (κ1) is 23.8. The number of amides is 2. The van der Waals surface area contributed by atoms with Gasteiger partial charge in [0.15, 0.2) is 5.76 Å². The van der Waals surface area contributed by atoms with E-state index in [4.69, 9.17) is 26.5 Å². The van der Waals surface area contributed by atoms with Crippen LogP contribution >= 0.6 is 11.6 Å². The van der Waals surface area contributed by atoms with E-state index in [0.717, 1.165) is 5.56 Å². The number of hydrogen-bond acceptors (Lipinski definition) is 4. The Morgan fingerprint density at radius 2 is 1.88 bits per heavy atom. The van der Waals surface area contributed by atoms with Crippen molar-refractivity contribution < 1.29 is 23.1 Å². The molecule has 1 fully saturated rings. The summed E-state index contributed by atoms with van der Waals surface area (Å²) in [6.45, 7) is 3.04. The highest BCUT2D eigenvalue weighted by Crippen LogP contribution is 2.37. The third-order valence-electron chi connectivity index (χ3n) is 6.29. The summed E-state index contributed by atoms with van der Waals surface area (Å²) < 4.78 is 25.7. The first-order chi connectivity index (χ1) is 16.3. The lowest BCUT2D eigenvalue weighted by molar-refractivity contribution is -0.121.